The van der Waals surface area contributed by atoms with Crippen LogP contribution in [0.1, 0.15) is 6.92 Å². The van der Waals surface area contributed by atoms with Gasteiger partial charge in [-0.05, 0) is 19.1 Å². The molecule has 1 amide bonds. The highest BCUT2D eigenvalue weighted by Crippen LogP contribution is 2.09. The van der Waals surface area contributed by atoms with E-state index in [0.717, 1.165) is 0 Å². The second-order valence-corrected chi connectivity index (χ2v) is 7.10. The molecule has 1 aromatic rings. The summed E-state index contributed by atoms with van der Waals surface area (Å²) in [5.74, 6) is -0.472. The molecule has 1 heterocycles. The Bertz CT molecular complexity index is 612. The Balaban J connectivity index is 0.00000264. The van der Waals surface area contributed by atoms with E-state index >= 15 is 0 Å². The number of carbonyl (C=O) groups is 1. The molecule has 7 nitrogen and oxygen atoms in total. The Morgan fingerprint density at radius 1 is 1.35 bits per heavy atom. The van der Waals surface area contributed by atoms with Crippen molar-refractivity contribution < 1.29 is 18.3 Å². The predicted molar refractivity (Wildman–Crippen MR) is 88.8 cm³/mol. The van der Waals surface area contributed by atoms with Crippen LogP contribution in [0.25, 0.3) is 0 Å². The van der Waals surface area contributed by atoms with Crippen LogP contribution < -0.4 is 15.4 Å². The van der Waals surface area contributed by atoms with E-state index in [1.54, 1.807) is 18.2 Å². The number of nitrogens with one attached hydrogen (secondary N) is 3. The normalized spacial score (nSPS) is 22.2. The average molecular weight is 364 g/mol. The molecular formula is C14H22ClN3O4S. The van der Waals surface area contributed by atoms with Crippen molar-refractivity contribution in [3.05, 3.63) is 30.3 Å². The Morgan fingerprint density at radius 2 is 2.00 bits per heavy atom. The van der Waals surface area contributed by atoms with Crippen molar-refractivity contribution in [3.8, 4) is 0 Å². The van der Waals surface area contributed by atoms with Gasteiger partial charge in [0.2, 0.25) is 15.9 Å². The number of aliphatic hydroxyl groups excluding tert-OH is 1. The van der Waals surface area contributed by atoms with E-state index in [9.17, 15) is 18.3 Å². The van der Waals surface area contributed by atoms with E-state index in [0.29, 0.717) is 19.6 Å². The maximum absolute atomic E-state index is 12.1. The van der Waals surface area contributed by atoms with Gasteiger partial charge in [0.15, 0.2) is 0 Å². The summed E-state index contributed by atoms with van der Waals surface area (Å²) in [6.45, 7) is 2.94. The zero-order valence-corrected chi connectivity index (χ0v) is 14.4. The number of carbonyl (C=O) groups excluding carboxylic acids is 1. The molecule has 0 spiro atoms. The van der Waals surface area contributed by atoms with Gasteiger partial charge in [-0.3, -0.25) is 4.79 Å². The van der Waals surface area contributed by atoms with E-state index in [1.807, 2.05) is 0 Å². The number of halogens is 1. The lowest BCUT2D eigenvalue weighted by atomic mass is 10.1. The van der Waals surface area contributed by atoms with Crippen LogP contribution in [0, 0.1) is 5.92 Å². The number of hydrogen-bond donors (Lipinski definition) is 4. The first-order chi connectivity index (χ1) is 10.4. The van der Waals surface area contributed by atoms with Crippen molar-refractivity contribution in [1.29, 1.82) is 0 Å². The highest BCUT2D eigenvalue weighted by atomic mass is 35.5. The summed E-state index contributed by atoms with van der Waals surface area (Å²) in [7, 11) is -3.73. The number of hydrogen-bond acceptors (Lipinski definition) is 5. The summed E-state index contributed by atoms with van der Waals surface area (Å²) in [6, 6.07) is 7.00. The van der Waals surface area contributed by atoms with E-state index in [2.05, 4.69) is 15.4 Å². The van der Waals surface area contributed by atoms with Gasteiger partial charge in [0.05, 0.1) is 17.0 Å². The quantitative estimate of drug-likeness (QED) is 0.543. The van der Waals surface area contributed by atoms with Gasteiger partial charge < -0.3 is 15.7 Å². The molecule has 2 rings (SSSR count). The topological polar surface area (TPSA) is 108 Å². The standard InChI is InChI=1S/C14H21N3O4S.ClH/c1-10(14(19)16-8-11-7-15-9-13(11)18)17-22(20,21)12-5-3-2-4-6-12;/h2-6,10-11,13,15,17-18H,7-9H2,1H3,(H,16,19);1H. The van der Waals surface area contributed by atoms with Gasteiger partial charge in [-0.25, -0.2) is 8.42 Å². The highest BCUT2D eigenvalue weighted by molar-refractivity contribution is 7.89. The lowest BCUT2D eigenvalue weighted by Crippen LogP contribution is -2.46. The predicted octanol–water partition coefficient (Wildman–Crippen LogP) is -0.528. The second kappa shape index (κ2) is 8.60. The lowest BCUT2D eigenvalue weighted by Gasteiger charge is -2.17. The Hall–Kier alpha value is -1.19. The molecule has 0 aromatic heterocycles. The summed E-state index contributed by atoms with van der Waals surface area (Å²) < 4.78 is 26.6. The summed E-state index contributed by atoms with van der Waals surface area (Å²) >= 11 is 0. The Labute approximate surface area is 142 Å². The van der Waals surface area contributed by atoms with Gasteiger partial charge in [-0.1, -0.05) is 18.2 Å². The smallest absolute Gasteiger partial charge is 0.241 e. The molecule has 1 saturated heterocycles. The van der Waals surface area contributed by atoms with Crippen LogP contribution >= 0.6 is 12.4 Å². The van der Waals surface area contributed by atoms with Crippen LogP contribution in [0.4, 0.5) is 0 Å². The lowest BCUT2D eigenvalue weighted by molar-refractivity contribution is -0.122. The molecule has 0 aliphatic carbocycles. The Kier molecular flexibility index (Phi) is 7.43. The van der Waals surface area contributed by atoms with Crippen molar-refractivity contribution in [2.24, 2.45) is 5.92 Å². The molecule has 1 aromatic carbocycles. The van der Waals surface area contributed by atoms with Crippen molar-refractivity contribution in [1.82, 2.24) is 15.4 Å². The first-order valence-electron chi connectivity index (χ1n) is 7.14. The van der Waals surface area contributed by atoms with Gasteiger partial charge >= 0.3 is 0 Å². The molecule has 1 aliphatic heterocycles. The third-order valence-electron chi connectivity index (χ3n) is 3.62. The number of β-amino-alcohol motifs (C(OH)–C–C–N with tert-alkyl or cyclic N) is 1. The molecule has 3 atom stereocenters. The molecule has 1 aliphatic rings. The molecule has 3 unspecified atom stereocenters. The number of rotatable bonds is 6. The van der Waals surface area contributed by atoms with Crippen molar-refractivity contribution >= 4 is 28.3 Å². The third kappa shape index (κ3) is 5.43. The molecule has 4 N–H and O–H groups in total. The largest absolute Gasteiger partial charge is 0.391 e. The zero-order chi connectivity index (χ0) is 16.2. The average Bonchev–Trinajstić information content (AvgIpc) is 2.90. The van der Waals surface area contributed by atoms with Crippen LogP contribution in [-0.4, -0.2) is 51.2 Å². The molecule has 1 fully saturated rings. The monoisotopic (exact) mass is 363 g/mol. The van der Waals surface area contributed by atoms with E-state index in [4.69, 9.17) is 0 Å². The first-order valence-corrected chi connectivity index (χ1v) is 8.62. The highest BCUT2D eigenvalue weighted by Gasteiger charge is 2.27. The SMILES string of the molecule is CC(NS(=O)(=O)c1ccccc1)C(=O)NCC1CNCC1O.Cl. The van der Waals surface area contributed by atoms with E-state index in [-0.39, 0.29) is 23.2 Å². The van der Waals surface area contributed by atoms with Crippen molar-refractivity contribution in [2.75, 3.05) is 19.6 Å². The minimum Gasteiger partial charge on any atom is -0.391 e. The minimum absolute atomic E-state index is 0. The van der Waals surface area contributed by atoms with Gasteiger partial charge in [0.25, 0.3) is 0 Å². The summed E-state index contributed by atoms with van der Waals surface area (Å²) in [5, 5.41) is 15.3. The number of sulfonamides is 1. The van der Waals surface area contributed by atoms with Crippen LogP contribution in [0.15, 0.2) is 35.2 Å². The van der Waals surface area contributed by atoms with Crippen molar-refractivity contribution in [2.45, 2.75) is 24.0 Å². The zero-order valence-electron chi connectivity index (χ0n) is 12.7. The molecule has 23 heavy (non-hydrogen) atoms. The maximum Gasteiger partial charge on any atom is 0.241 e. The molecule has 0 radical (unpaired) electrons. The number of aliphatic hydroxyl groups is 1. The second-order valence-electron chi connectivity index (χ2n) is 5.39. The Morgan fingerprint density at radius 3 is 2.57 bits per heavy atom. The number of amides is 1. The van der Waals surface area contributed by atoms with Gasteiger partial charge in [0.1, 0.15) is 0 Å². The van der Waals surface area contributed by atoms with Gasteiger partial charge in [-0.15, -0.1) is 12.4 Å². The third-order valence-corrected chi connectivity index (χ3v) is 5.18. The number of benzene rings is 1. The summed E-state index contributed by atoms with van der Waals surface area (Å²) in [6.07, 6.45) is -0.489. The van der Waals surface area contributed by atoms with Crippen LogP contribution in [0.5, 0.6) is 0 Å². The fourth-order valence-electron chi connectivity index (χ4n) is 2.27. The molecule has 0 bridgehead atoms. The molecule has 0 saturated carbocycles. The van der Waals surface area contributed by atoms with Gasteiger partial charge in [0, 0.05) is 25.6 Å². The fraction of sp³-hybridized carbons (Fsp3) is 0.500. The van der Waals surface area contributed by atoms with Crippen molar-refractivity contribution in [3.63, 3.8) is 0 Å². The van der Waals surface area contributed by atoms with Crippen LogP contribution in [-0.2, 0) is 14.8 Å². The molecule has 130 valence electrons. The summed E-state index contributed by atoms with van der Waals surface area (Å²) in [5.41, 5.74) is 0. The van der Waals surface area contributed by atoms with Crippen LogP contribution in [0.2, 0.25) is 0 Å². The van der Waals surface area contributed by atoms with Gasteiger partial charge in [-0.2, -0.15) is 4.72 Å². The molecule has 9 heteroatoms. The van der Waals surface area contributed by atoms with E-state index in [1.165, 1.54) is 19.1 Å². The first kappa shape index (κ1) is 19.9. The van der Waals surface area contributed by atoms with Crippen LogP contribution in [0.3, 0.4) is 0 Å². The summed E-state index contributed by atoms with van der Waals surface area (Å²) in [4.78, 5) is 12.1. The van der Waals surface area contributed by atoms with E-state index < -0.39 is 28.1 Å². The molecular weight excluding hydrogens is 342 g/mol. The minimum atomic E-state index is -3.73. The fourth-order valence-corrected chi connectivity index (χ4v) is 3.49. The maximum atomic E-state index is 12.1.